The van der Waals surface area contributed by atoms with Crippen molar-refractivity contribution in [2.75, 3.05) is 0 Å². The zero-order valence-electron chi connectivity index (χ0n) is 50.5. The van der Waals surface area contributed by atoms with Crippen LogP contribution in [0.15, 0.2) is 67.4 Å². The van der Waals surface area contributed by atoms with Crippen LogP contribution in [0.3, 0.4) is 0 Å². The molecule has 0 saturated carbocycles. The highest BCUT2D eigenvalue weighted by atomic mass is 35.5. The van der Waals surface area contributed by atoms with Gasteiger partial charge in [0.15, 0.2) is 0 Å². The zero-order valence-corrected chi connectivity index (χ0v) is 53.5. The van der Waals surface area contributed by atoms with Crippen LogP contribution in [0.1, 0.15) is 225 Å². The van der Waals surface area contributed by atoms with E-state index in [-0.39, 0.29) is 60.5 Å². The molecule has 8 N–H and O–H groups in total. The molecule has 9 heterocycles. The first-order valence-electron chi connectivity index (χ1n) is 28.3. The first kappa shape index (κ1) is 63.7. The molecule has 0 aromatic carbocycles. The number of aromatic nitrogens is 4. The topological polar surface area (TPSA) is 119 Å². The lowest BCUT2D eigenvalue weighted by atomic mass is 9.81. The second kappa shape index (κ2) is 23.9. The number of hydrogen-bond donors (Lipinski definition) is 8. The molecule has 9 rings (SSSR count). The van der Waals surface area contributed by atoms with Gasteiger partial charge in [-0.1, -0.05) is 55.4 Å². The van der Waals surface area contributed by atoms with Gasteiger partial charge in [-0.25, -0.2) is 0 Å². The van der Waals surface area contributed by atoms with Gasteiger partial charge in [-0.05, 0) is 179 Å². The maximum absolute atomic E-state index is 4.06. The van der Waals surface area contributed by atoms with Crippen LogP contribution in [0.2, 0.25) is 0 Å². The van der Waals surface area contributed by atoms with Crippen LogP contribution in [0.4, 0.5) is 0 Å². The van der Waals surface area contributed by atoms with Gasteiger partial charge >= 0.3 is 0 Å². The van der Waals surface area contributed by atoms with E-state index in [9.17, 15) is 0 Å². The second-order valence-corrected chi connectivity index (χ2v) is 22.8. The summed E-state index contributed by atoms with van der Waals surface area (Å²) in [6.45, 7) is 46.3. The largest absolute Gasteiger partial charge is 1.00 e. The molecule has 0 fully saturated rings. The predicted molar refractivity (Wildman–Crippen MR) is 312 cm³/mol. The highest BCUT2D eigenvalue weighted by molar-refractivity contribution is 6.51. The minimum Gasteiger partial charge on any atom is -1.00 e. The fourth-order valence-electron chi connectivity index (χ4n) is 13.7. The van der Waals surface area contributed by atoms with E-state index >= 15 is 0 Å². The van der Waals surface area contributed by atoms with E-state index in [0.29, 0.717) is 0 Å². The van der Waals surface area contributed by atoms with Gasteiger partial charge in [0.25, 0.3) is 22.8 Å². The summed E-state index contributed by atoms with van der Waals surface area (Å²) < 4.78 is 0. The number of rotatable bonds is 8. The molecule has 0 atom stereocenters. The summed E-state index contributed by atoms with van der Waals surface area (Å²) in [5.74, 6) is 0. The van der Waals surface area contributed by atoms with E-state index < -0.39 is 0 Å². The van der Waals surface area contributed by atoms with Gasteiger partial charge in [-0.3, -0.25) is 0 Å². The molecular weight excluding hydrogens is 1050 g/mol. The van der Waals surface area contributed by atoms with E-state index in [0.717, 1.165) is 74.1 Å². The lowest BCUT2D eigenvalue weighted by molar-refractivity contribution is -0.401. The predicted octanol–water partition coefficient (Wildman–Crippen LogP) is -2.18. The number of nitrogens with one attached hydrogen (secondary N) is 8. The van der Waals surface area contributed by atoms with Crippen molar-refractivity contribution >= 4 is 47.2 Å². The summed E-state index contributed by atoms with van der Waals surface area (Å²) in [6.07, 6.45) is 17.1. The third-order valence-corrected chi connectivity index (χ3v) is 18.4. The van der Waals surface area contributed by atoms with Crippen molar-refractivity contribution in [3.8, 4) is 0 Å². The molecule has 5 aliphatic rings. The van der Waals surface area contributed by atoms with E-state index in [1.165, 1.54) is 158 Å². The molecule has 420 valence electrons. The van der Waals surface area contributed by atoms with Gasteiger partial charge < -0.3 is 69.6 Å². The highest BCUT2D eigenvalue weighted by Crippen LogP contribution is 2.42. The average Bonchev–Trinajstić information content (AvgIpc) is 4.27. The molecule has 0 aliphatic carbocycles. The Labute approximate surface area is 491 Å². The highest BCUT2D eigenvalue weighted by Gasteiger charge is 2.44. The van der Waals surface area contributed by atoms with E-state index in [2.05, 4.69) is 203 Å². The lowest BCUT2D eigenvalue weighted by Gasteiger charge is -2.25. The molecule has 78 heavy (non-hydrogen) atoms. The van der Waals surface area contributed by atoms with Crippen LogP contribution >= 0.6 is 0 Å². The van der Waals surface area contributed by atoms with Gasteiger partial charge in [0.05, 0.1) is 0 Å². The van der Waals surface area contributed by atoms with Crippen molar-refractivity contribution in [3.05, 3.63) is 157 Å². The summed E-state index contributed by atoms with van der Waals surface area (Å²) in [5, 5.41) is 0. The third kappa shape index (κ3) is 9.91. The molecule has 5 aliphatic heterocycles. The Morgan fingerprint density at radius 3 is 0.603 bits per heavy atom. The van der Waals surface area contributed by atoms with Crippen molar-refractivity contribution in [2.45, 2.75) is 201 Å². The fraction of sp³-hybridized carbons (Fsp3) is 0.455. The van der Waals surface area contributed by atoms with Crippen molar-refractivity contribution < 1.29 is 69.6 Å². The third-order valence-electron chi connectivity index (χ3n) is 18.4. The Morgan fingerprint density at radius 2 is 0.449 bits per heavy atom. The number of halogens is 4. The van der Waals surface area contributed by atoms with Crippen molar-refractivity contribution in [2.24, 2.45) is 0 Å². The van der Waals surface area contributed by atoms with Crippen LogP contribution in [0.25, 0.3) is 24.3 Å². The van der Waals surface area contributed by atoms with Gasteiger partial charge in [0.2, 0.25) is 22.8 Å². The van der Waals surface area contributed by atoms with Crippen LogP contribution in [-0.4, -0.2) is 42.8 Å². The average molecular weight is 1140 g/mol. The molecule has 0 spiro atoms. The van der Waals surface area contributed by atoms with Gasteiger partial charge in [-0.2, -0.15) is 20.0 Å². The molecule has 8 nitrogen and oxygen atoms in total. The fourth-order valence-corrected chi connectivity index (χ4v) is 13.7. The van der Waals surface area contributed by atoms with Crippen molar-refractivity contribution in [3.63, 3.8) is 0 Å². The molecule has 4 aromatic rings. The van der Waals surface area contributed by atoms with E-state index in [1.807, 2.05) is 0 Å². The minimum atomic E-state index is -0.328. The monoisotopic (exact) mass is 1130 g/mol. The molecule has 12 heteroatoms. The smallest absolute Gasteiger partial charge is 0.280 e. The molecule has 16 bridgehead atoms. The summed E-state index contributed by atoms with van der Waals surface area (Å²) in [7, 11) is 0. The Kier molecular flexibility index (Phi) is 19.5. The number of aromatic amines is 4. The maximum Gasteiger partial charge on any atom is 0.280 e. The normalized spacial score (nSPS) is 20.3. The Hall–Kier alpha value is -5.12. The molecule has 0 radical (unpaired) electrons. The quantitative estimate of drug-likeness (QED) is 0.0982. The van der Waals surface area contributed by atoms with Crippen LogP contribution in [-0.2, 0) is 10.8 Å². The summed E-state index contributed by atoms with van der Waals surface area (Å²) in [5.41, 5.74) is 40.1. The van der Waals surface area contributed by atoms with Gasteiger partial charge in [0, 0.05) is 125 Å². The van der Waals surface area contributed by atoms with Crippen LogP contribution < -0.4 is 69.6 Å². The Balaban J connectivity index is 0.00000280. The molecule has 0 saturated heterocycles. The Bertz CT molecular complexity index is 3030. The van der Waals surface area contributed by atoms with Crippen molar-refractivity contribution in [1.29, 1.82) is 0 Å². The minimum absolute atomic E-state index is 0. The van der Waals surface area contributed by atoms with Crippen LogP contribution in [0.5, 0.6) is 0 Å². The van der Waals surface area contributed by atoms with E-state index in [4.69, 9.17) is 0 Å². The summed E-state index contributed by atoms with van der Waals surface area (Å²) in [4.78, 5) is 32.4. The first-order chi connectivity index (χ1) is 35.2. The molecular formula is C66H88Cl4N8. The number of allylic oxidation sites excluding steroid dienone is 8. The van der Waals surface area contributed by atoms with Crippen LogP contribution in [0, 0.1) is 55.4 Å². The SMILES string of the molecule is CCC1=C(CC)/C2=C/c3[nH]c(c(C)c3C)C(C)(C)c3[nH]c(c(C)c3C)/C=C3\[NH+]=C(C4=[NH+]/C(=C\c5[nH]c(c(C)c5C)C(C)(C)c5[nH]c(c(C)c5C)/C=C5\[NH+]=C(C1=[NH+]2)C(CC)=C5CC)C(CC)=C4CC)C(CC)=C3CC.[Cl-].[Cl-].[Cl-].[Cl-]. The lowest BCUT2D eigenvalue weighted by Crippen LogP contribution is -3.00. The molecule has 0 amide bonds. The maximum atomic E-state index is 4.06. The van der Waals surface area contributed by atoms with Crippen molar-refractivity contribution in [1.82, 2.24) is 19.9 Å². The molecule has 0 unspecified atom stereocenters. The Morgan fingerprint density at radius 1 is 0.282 bits per heavy atom. The van der Waals surface area contributed by atoms with Gasteiger partial charge in [-0.15, -0.1) is 0 Å². The number of H-pyrrole nitrogens is 4. The number of hydrogen-bond acceptors (Lipinski definition) is 0. The first-order valence-corrected chi connectivity index (χ1v) is 28.3. The number of fused-ring (bicyclic) bond motifs is 14. The zero-order chi connectivity index (χ0) is 53.6. The molecule has 4 aromatic heterocycles. The summed E-state index contributed by atoms with van der Waals surface area (Å²) in [6, 6.07) is 0. The van der Waals surface area contributed by atoms with Gasteiger partial charge in [0.1, 0.15) is 0 Å². The second-order valence-electron chi connectivity index (χ2n) is 22.8. The summed E-state index contributed by atoms with van der Waals surface area (Å²) >= 11 is 0. The standard InChI is InChI=1S/C66H84N8.4ClH/c1-21-41-45(25-5)57-58-46(26-6)42(22-2)54(68-58)30-50-34(10)39(15)63(72-50)66(19,20)64-40(16)36(12)52(74-64)32-56-44(24-4)48(28-8)60(70-56)59-47(27-7)43(23-3)55(69-59)31-51-35(11)38(14)62(73-51)65(17,18)61-37(13)33(9)49(71-61)29-53(41)67-57;;;;/h29-32,71-74H,21-28H2,1-20H3;4*1H/b53-29-,54-30-,55-31-,56-32-;;;;. The van der Waals surface area contributed by atoms with E-state index in [1.54, 1.807) is 0 Å².